The number of nitrogens with zero attached hydrogens (tertiary/aromatic N) is 3. The molecule has 0 radical (unpaired) electrons. The summed E-state index contributed by atoms with van der Waals surface area (Å²) in [7, 11) is 1.59. The molecule has 0 aliphatic carbocycles. The van der Waals surface area contributed by atoms with Crippen LogP contribution in [0.5, 0.6) is 0 Å². The molecule has 0 amide bonds. The highest BCUT2D eigenvalue weighted by molar-refractivity contribution is 7.17. The Labute approximate surface area is 86.4 Å². The highest BCUT2D eigenvalue weighted by Crippen LogP contribution is 2.15. The van der Waals surface area contributed by atoms with Gasteiger partial charge in [0.25, 0.3) is 5.56 Å². The van der Waals surface area contributed by atoms with Gasteiger partial charge in [-0.25, -0.2) is 14.3 Å². The first-order chi connectivity index (χ1) is 7.20. The van der Waals surface area contributed by atoms with Gasteiger partial charge in [0.05, 0.1) is 5.52 Å². The first-order valence-corrected chi connectivity index (χ1v) is 5.11. The highest BCUT2D eigenvalue weighted by atomic mass is 32.1. The van der Waals surface area contributed by atoms with E-state index in [4.69, 9.17) is 0 Å². The molecule has 0 aromatic carbocycles. The Balaban J connectivity index is 2.87. The van der Waals surface area contributed by atoms with Crippen LogP contribution in [0.1, 0.15) is 0 Å². The summed E-state index contributed by atoms with van der Waals surface area (Å²) in [4.78, 5) is 23.3. The number of aryl methyl sites for hydroxylation is 1. The Morgan fingerprint density at radius 2 is 2.27 bits per heavy atom. The predicted molar refractivity (Wildman–Crippen MR) is 56.4 cm³/mol. The average molecular weight is 222 g/mol. The average Bonchev–Trinajstić information content (AvgIpc) is 2.80. The van der Waals surface area contributed by atoms with Crippen LogP contribution in [0.15, 0.2) is 21.0 Å². The number of aromatic amines is 1. The zero-order chi connectivity index (χ0) is 10.6. The van der Waals surface area contributed by atoms with Crippen LogP contribution in [-0.4, -0.2) is 19.2 Å². The fraction of sp³-hybridized carbons (Fsp3) is 0.125. The minimum absolute atomic E-state index is 0.133. The van der Waals surface area contributed by atoms with Crippen LogP contribution in [0.4, 0.5) is 0 Å². The van der Waals surface area contributed by atoms with Crippen molar-refractivity contribution in [3.63, 3.8) is 0 Å². The van der Waals surface area contributed by atoms with Crippen molar-refractivity contribution in [2.24, 2.45) is 7.05 Å². The van der Waals surface area contributed by atoms with Crippen LogP contribution in [0.2, 0.25) is 0 Å². The summed E-state index contributed by atoms with van der Waals surface area (Å²) in [5.41, 5.74) is 0.146. The number of nitrogens with one attached hydrogen (secondary N) is 1. The lowest BCUT2D eigenvalue weighted by Gasteiger charge is -1.99. The first kappa shape index (κ1) is 8.42. The minimum atomic E-state index is -0.330. The second kappa shape index (κ2) is 2.57. The van der Waals surface area contributed by atoms with E-state index in [9.17, 15) is 9.59 Å². The number of thiophene rings is 1. The minimum Gasteiger partial charge on any atom is -0.279 e. The molecule has 0 spiro atoms. The van der Waals surface area contributed by atoms with E-state index in [2.05, 4.69) is 10.2 Å². The van der Waals surface area contributed by atoms with Crippen molar-refractivity contribution >= 4 is 27.3 Å². The predicted octanol–water partition coefficient (Wildman–Crippen LogP) is -0.0640. The van der Waals surface area contributed by atoms with E-state index in [1.54, 1.807) is 18.5 Å². The molecule has 0 aliphatic rings. The largest absolute Gasteiger partial charge is 0.349 e. The number of rotatable bonds is 0. The Kier molecular flexibility index (Phi) is 1.44. The van der Waals surface area contributed by atoms with Gasteiger partial charge in [0, 0.05) is 7.05 Å². The molecule has 3 heterocycles. The molecule has 76 valence electrons. The van der Waals surface area contributed by atoms with Crippen molar-refractivity contribution < 1.29 is 0 Å². The molecule has 3 rings (SSSR count). The second-order valence-corrected chi connectivity index (χ2v) is 4.08. The van der Waals surface area contributed by atoms with Crippen molar-refractivity contribution in [1.29, 1.82) is 0 Å². The van der Waals surface area contributed by atoms with Crippen molar-refractivity contribution in [3.05, 3.63) is 32.3 Å². The molecular formula is C8H6N4O2S. The van der Waals surface area contributed by atoms with E-state index in [0.29, 0.717) is 16.0 Å². The molecule has 0 atom stereocenters. The Hall–Kier alpha value is -1.89. The maximum atomic E-state index is 11.8. The normalized spacial score (nSPS) is 11.5. The number of hydrogen-bond acceptors (Lipinski definition) is 4. The summed E-state index contributed by atoms with van der Waals surface area (Å²) in [5, 5.41) is 7.91. The fourth-order valence-corrected chi connectivity index (χ4v) is 2.46. The Morgan fingerprint density at radius 3 is 3.07 bits per heavy atom. The molecule has 0 fully saturated rings. The van der Waals surface area contributed by atoms with Gasteiger partial charge in [-0.05, 0) is 11.4 Å². The SMILES string of the molecule is Cn1c(=O)c2sccc2n2c(=O)[nH]nc12. The summed E-state index contributed by atoms with van der Waals surface area (Å²) in [6, 6.07) is 1.74. The number of aromatic nitrogens is 4. The quantitative estimate of drug-likeness (QED) is 0.579. The summed E-state index contributed by atoms with van der Waals surface area (Å²) >= 11 is 1.32. The number of hydrogen-bond donors (Lipinski definition) is 1. The Morgan fingerprint density at radius 1 is 1.47 bits per heavy atom. The summed E-state index contributed by atoms with van der Waals surface area (Å²) in [5.74, 6) is 0.330. The van der Waals surface area contributed by atoms with Crippen LogP contribution < -0.4 is 11.2 Å². The highest BCUT2D eigenvalue weighted by Gasteiger charge is 2.12. The molecule has 0 unspecified atom stereocenters. The molecule has 1 N–H and O–H groups in total. The van der Waals surface area contributed by atoms with Crippen molar-refractivity contribution in [2.75, 3.05) is 0 Å². The van der Waals surface area contributed by atoms with Gasteiger partial charge in [-0.2, -0.15) is 0 Å². The van der Waals surface area contributed by atoms with Crippen LogP contribution in [0, 0.1) is 0 Å². The van der Waals surface area contributed by atoms with Crippen LogP contribution >= 0.6 is 11.3 Å². The molecule has 0 aliphatic heterocycles. The van der Waals surface area contributed by atoms with Gasteiger partial charge in [0.2, 0.25) is 5.78 Å². The molecule has 0 saturated heterocycles. The number of H-pyrrole nitrogens is 1. The molecule has 6 nitrogen and oxygen atoms in total. The summed E-state index contributed by atoms with van der Waals surface area (Å²) in [6.07, 6.45) is 0. The van der Waals surface area contributed by atoms with Gasteiger partial charge < -0.3 is 0 Å². The van der Waals surface area contributed by atoms with Crippen molar-refractivity contribution in [1.82, 2.24) is 19.2 Å². The van der Waals surface area contributed by atoms with Gasteiger partial charge in [0.1, 0.15) is 4.70 Å². The lowest BCUT2D eigenvalue weighted by molar-refractivity contribution is 0.860. The molecule has 0 bridgehead atoms. The molecule has 15 heavy (non-hydrogen) atoms. The van der Waals surface area contributed by atoms with Gasteiger partial charge in [-0.3, -0.25) is 9.36 Å². The third kappa shape index (κ3) is 0.899. The number of fused-ring (bicyclic) bond motifs is 3. The van der Waals surface area contributed by atoms with E-state index in [1.807, 2.05) is 0 Å². The van der Waals surface area contributed by atoms with Crippen molar-refractivity contribution in [3.8, 4) is 0 Å². The lowest BCUT2D eigenvalue weighted by atomic mass is 10.4. The Bertz CT molecular complexity index is 775. The molecule has 0 saturated carbocycles. The van der Waals surface area contributed by atoms with Gasteiger partial charge in [-0.15, -0.1) is 16.4 Å². The molecular weight excluding hydrogens is 216 g/mol. The standard InChI is InChI=1S/C8H6N4O2S/c1-11-6(13)5-4(2-3-15-5)12-7(11)9-10-8(12)14/h2-3H,1H3,(H,10,14). The topological polar surface area (TPSA) is 72.2 Å². The monoisotopic (exact) mass is 222 g/mol. The lowest BCUT2D eigenvalue weighted by Crippen LogP contribution is -2.21. The van der Waals surface area contributed by atoms with E-state index in [-0.39, 0.29) is 11.2 Å². The van der Waals surface area contributed by atoms with E-state index in [1.165, 1.54) is 20.3 Å². The third-order valence-corrected chi connectivity index (χ3v) is 3.23. The smallest absolute Gasteiger partial charge is 0.279 e. The zero-order valence-corrected chi connectivity index (χ0v) is 8.54. The maximum absolute atomic E-state index is 11.8. The van der Waals surface area contributed by atoms with Gasteiger partial charge in [0.15, 0.2) is 0 Å². The van der Waals surface area contributed by atoms with E-state index >= 15 is 0 Å². The van der Waals surface area contributed by atoms with Crippen LogP contribution in [0.3, 0.4) is 0 Å². The summed E-state index contributed by atoms with van der Waals surface area (Å²) < 4.78 is 3.32. The van der Waals surface area contributed by atoms with Crippen LogP contribution in [-0.2, 0) is 7.05 Å². The van der Waals surface area contributed by atoms with Gasteiger partial charge in [-0.1, -0.05) is 0 Å². The third-order valence-electron chi connectivity index (χ3n) is 2.34. The maximum Gasteiger partial charge on any atom is 0.349 e. The molecule has 7 heteroatoms. The molecule has 3 aromatic rings. The van der Waals surface area contributed by atoms with Crippen LogP contribution in [0.25, 0.3) is 16.0 Å². The molecule has 3 aromatic heterocycles. The zero-order valence-electron chi connectivity index (χ0n) is 7.72. The first-order valence-electron chi connectivity index (χ1n) is 4.23. The summed E-state index contributed by atoms with van der Waals surface area (Å²) in [6.45, 7) is 0. The fourth-order valence-electron chi connectivity index (χ4n) is 1.61. The second-order valence-electron chi connectivity index (χ2n) is 3.16. The van der Waals surface area contributed by atoms with E-state index in [0.717, 1.165) is 0 Å². The van der Waals surface area contributed by atoms with Crippen molar-refractivity contribution in [2.45, 2.75) is 0 Å². The van der Waals surface area contributed by atoms with E-state index < -0.39 is 0 Å². The van der Waals surface area contributed by atoms with Gasteiger partial charge >= 0.3 is 5.69 Å².